The molecule has 0 unspecified atom stereocenters. The summed E-state index contributed by atoms with van der Waals surface area (Å²) >= 11 is 1.64. The number of nitrogen functional groups attached to an aromatic ring is 1. The van der Waals surface area contributed by atoms with Crippen LogP contribution >= 0.6 is 11.3 Å². The van der Waals surface area contributed by atoms with Crippen LogP contribution < -0.4 is 11.1 Å². The third kappa shape index (κ3) is 7.21. The van der Waals surface area contributed by atoms with E-state index in [4.69, 9.17) is 10.8 Å². The molecular weight excluding hydrogens is 414 g/mol. The van der Waals surface area contributed by atoms with E-state index in [-0.39, 0.29) is 18.7 Å². The predicted octanol–water partition coefficient (Wildman–Crippen LogP) is 4.20. The molecule has 0 aliphatic rings. The lowest BCUT2D eigenvalue weighted by molar-refractivity contribution is -0.137. The third-order valence-electron chi connectivity index (χ3n) is 4.86. The van der Waals surface area contributed by atoms with Gasteiger partial charge in [0.25, 0.3) is 0 Å². The number of aliphatic carboxylic acids is 1. The Morgan fingerprint density at radius 2 is 1.97 bits per heavy atom. The van der Waals surface area contributed by atoms with Crippen LogP contribution in [-0.4, -0.2) is 32.0 Å². The lowest BCUT2D eigenvalue weighted by Crippen LogP contribution is -2.13. The van der Waals surface area contributed by atoms with Crippen LogP contribution in [0.4, 0.5) is 11.4 Å². The second kappa shape index (κ2) is 11.3. The number of rotatable bonds is 12. The summed E-state index contributed by atoms with van der Waals surface area (Å²) in [6.07, 6.45) is 6.33. The van der Waals surface area contributed by atoms with Crippen molar-refractivity contribution in [2.45, 2.75) is 51.5 Å². The molecule has 9 heteroatoms. The Morgan fingerprint density at radius 1 is 1.13 bits per heavy atom. The maximum atomic E-state index is 12.4. The number of nitrogens with zero attached hydrogens (tertiary/aromatic N) is 3. The van der Waals surface area contributed by atoms with Gasteiger partial charge in [-0.25, -0.2) is 0 Å². The maximum absolute atomic E-state index is 12.4. The number of aryl methyl sites for hydroxylation is 2. The first-order chi connectivity index (χ1) is 15.0. The van der Waals surface area contributed by atoms with Crippen molar-refractivity contribution in [3.05, 3.63) is 47.6 Å². The molecular formula is C22H27N5O3S. The van der Waals surface area contributed by atoms with E-state index >= 15 is 0 Å². The summed E-state index contributed by atoms with van der Waals surface area (Å²) in [6.45, 7) is 0.734. The molecule has 2 heterocycles. The molecule has 0 spiro atoms. The number of nitrogens with two attached hydrogens (primary N) is 1. The quantitative estimate of drug-likeness (QED) is 0.286. The fourth-order valence-electron chi connectivity index (χ4n) is 3.18. The molecule has 4 N–H and O–H groups in total. The summed E-state index contributed by atoms with van der Waals surface area (Å²) in [7, 11) is 0. The third-order valence-corrected chi connectivity index (χ3v) is 5.77. The molecule has 2 aromatic heterocycles. The fraction of sp³-hybridized carbons (Fsp3) is 0.364. The van der Waals surface area contributed by atoms with Crippen molar-refractivity contribution in [2.24, 2.45) is 0 Å². The summed E-state index contributed by atoms with van der Waals surface area (Å²) in [4.78, 5) is 24.0. The summed E-state index contributed by atoms with van der Waals surface area (Å²) in [5, 5.41) is 21.8. The van der Waals surface area contributed by atoms with Crippen LogP contribution in [0.2, 0.25) is 0 Å². The molecule has 31 heavy (non-hydrogen) atoms. The van der Waals surface area contributed by atoms with Crippen molar-refractivity contribution in [2.75, 3.05) is 11.1 Å². The van der Waals surface area contributed by atoms with E-state index in [0.29, 0.717) is 24.2 Å². The number of nitrogens with one attached hydrogen (secondary N) is 1. The minimum atomic E-state index is -0.747. The Bertz CT molecular complexity index is 1000. The van der Waals surface area contributed by atoms with Crippen molar-refractivity contribution in [3.63, 3.8) is 0 Å². The van der Waals surface area contributed by atoms with E-state index in [1.54, 1.807) is 22.1 Å². The highest BCUT2D eigenvalue weighted by Gasteiger charge is 2.10. The Morgan fingerprint density at radius 3 is 2.74 bits per heavy atom. The van der Waals surface area contributed by atoms with Gasteiger partial charge in [0.2, 0.25) is 5.91 Å². The number of anilines is 2. The highest BCUT2D eigenvalue weighted by atomic mass is 32.1. The second-order valence-corrected chi connectivity index (χ2v) is 8.31. The van der Waals surface area contributed by atoms with E-state index in [1.165, 1.54) is 0 Å². The van der Waals surface area contributed by atoms with Gasteiger partial charge in [-0.2, -0.15) is 0 Å². The number of amides is 1. The first-order valence-corrected chi connectivity index (χ1v) is 11.2. The average molecular weight is 442 g/mol. The summed E-state index contributed by atoms with van der Waals surface area (Å²) in [5.74, 6) is -0.870. The molecule has 1 amide bonds. The number of unbranched alkanes of at least 4 members (excludes halogenated alkanes) is 3. The Hall–Kier alpha value is -3.20. The highest BCUT2D eigenvalue weighted by molar-refractivity contribution is 7.13. The van der Waals surface area contributed by atoms with Crippen molar-refractivity contribution in [1.29, 1.82) is 0 Å². The molecule has 3 aromatic rings. The number of hydrogen-bond donors (Lipinski definition) is 3. The predicted molar refractivity (Wildman–Crippen MR) is 122 cm³/mol. The van der Waals surface area contributed by atoms with Crippen LogP contribution in [0, 0.1) is 0 Å². The molecule has 0 radical (unpaired) electrons. The standard InChI is InChI=1S/C22H27N5O3S/c23-18-10-8-16(20-6-5-13-31-20)14-19(18)24-21(28)11-9-17-15-27(26-25-17)12-4-2-1-3-7-22(29)30/h5-6,8,10,13-15H,1-4,7,9,11-12,23H2,(H,24,28)(H,29,30). The van der Waals surface area contributed by atoms with E-state index in [0.717, 1.165) is 41.9 Å². The lowest BCUT2D eigenvalue weighted by Gasteiger charge is -2.09. The summed E-state index contributed by atoms with van der Waals surface area (Å²) in [6, 6.07) is 9.66. The van der Waals surface area contributed by atoms with Gasteiger partial charge in [0.15, 0.2) is 0 Å². The molecule has 0 saturated carbocycles. The van der Waals surface area contributed by atoms with Gasteiger partial charge < -0.3 is 16.2 Å². The molecule has 3 rings (SSSR count). The van der Waals surface area contributed by atoms with Gasteiger partial charge in [0.05, 0.1) is 17.1 Å². The van der Waals surface area contributed by atoms with Crippen LogP contribution in [0.5, 0.6) is 0 Å². The number of carboxylic acids is 1. The number of carbonyl (C=O) groups excluding carboxylic acids is 1. The van der Waals surface area contributed by atoms with Gasteiger partial charge in [-0.05, 0) is 42.0 Å². The zero-order chi connectivity index (χ0) is 22.1. The molecule has 0 fully saturated rings. The zero-order valence-electron chi connectivity index (χ0n) is 17.3. The van der Waals surface area contributed by atoms with Crippen LogP contribution in [0.25, 0.3) is 10.4 Å². The van der Waals surface area contributed by atoms with E-state index in [2.05, 4.69) is 15.6 Å². The first-order valence-electron chi connectivity index (χ1n) is 10.4. The average Bonchev–Trinajstić information content (AvgIpc) is 3.43. The topological polar surface area (TPSA) is 123 Å². The number of carboxylic acid groups (broad SMARTS) is 1. The van der Waals surface area contributed by atoms with Gasteiger partial charge >= 0.3 is 5.97 Å². The van der Waals surface area contributed by atoms with Gasteiger partial charge in [0.1, 0.15) is 0 Å². The molecule has 164 valence electrons. The minimum absolute atomic E-state index is 0.122. The van der Waals surface area contributed by atoms with Crippen molar-refractivity contribution in [3.8, 4) is 10.4 Å². The van der Waals surface area contributed by atoms with Crippen LogP contribution in [0.1, 0.15) is 44.2 Å². The molecule has 0 aliphatic carbocycles. The monoisotopic (exact) mass is 441 g/mol. The smallest absolute Gasteiger partial charge is 0.303 e. The molecule has 0 saturated heterocycles. The van der Waals surface area contributed by atoms with E-state index in [9.17, 15) is 9.59 Å². The summed E-state index contributed by atoms with van der Waals surface area (Å²) in [5.41, 5.74) is 8.96. The number of thiophene rings is 1. The summed E-state index contributed by atoms with van der Waals surface area (Å²) < 4.78 is 1.77. The van der Waals surface area contributed by atoms with Crippen molar-refractivity contribution in [1.82, 2.24) is 15.0 Å². The number of aromatic nitrogens is 3. The largest absolute Gasteiger partial charge is 0.481 e. The zero-order valence-corrected chi connectivity index (χ0v) is 18.1. The van der Waals surface area contributed by atoms with E-state index in [1.807, 2.05) is 35.8 Å². The number of benzene rings is 1. The van der Waals surface area contributed by atoms with Gasteiger partial charge in [-0.1, -0.05) is 30.2 Å². The van der Waals surface area contributed by atoms with Crippen molar-refractivity contribution < 1.29 is 14.7 Å². The van der Waals surface area contributed by atoms with Gasteiger partial charge in [-0.3, -0.25) is 14.3 Å². The lowest BCUT2D eigenvalue weighted by atomic mass is 10.1. The Labute approximate surface area is 185 Å². The molecule has 0 atom stereocenters. The highest BCUT2D eigenvalue weighted by Crippen LogP contribution is 2.30. The molecule has 1 aromatic carbocycles. The maximum Gasteiger partial charge on any atom is 0.303 e. The van der Waals surface area contributed by atoms with Gasteiger partial charge in [0, 0.05) is 36.9 Å². The number of hydrogen-bond acceptors (Lipinski definition) is 6. The van der Waals surface area contributed by atoms with Crippen LogP contribution in [0.15, 0.2) is 41.9 Å². The normalized spacial score (nSPS) is 10.8. The Balaban J connectivity index is 1.42. The van der Waals surface area contributed by atoms with Gasteiger partial charge in [-0.15, -0.1) is 16.4 Å². The molecule has 8 nitrogen and oxygen atoms in total. The second-order valence-electron chi connectivity index (χ2n) is 7.36. The van der Waals surface area contributed by atoms with Crippen LogP contribution in [-0.2, 0) is 22.6 Å². The van der Waals surface area contributed by atoms with E-state index < -0.39 is 5.97 Å². The van der Waals surface area contributed by atoms with Crippen molar-refractivity contribution >= 4 is 34.6 Å². The Kier molecular flexibility index (Phi) is 8.17. The fourth-order valence-corrected chi connectivity index (χ4v) is 3.90. The molecule has 0 bridgehead atoms. The molecule has 0 aliphatic heterocycles. The van der Waals surface area contributed by atoms with Crippen LogP contribution in [0.3, 0.4) is 0 Å². The minimum Gasteiger partial charge on any atom is -0.481 e. The SMILES string of the molecule is Nc1ccc(-c2cccs2)cc1NC(=O)CCc1cn(CCCCCCC(=O)O)nn1. The first kappa shape index (κ1) is 22.5. The number of carbonyl (C=O) groups is 2.